The van der Waals surface area contributed by atoms with Gasteiger partial charge in [-0.25, -0.2) is 15.0 Å². The van der Waals surface area contributed by atoms with Crippen molar-refractivity contribution in [3.8, 4) is 56.3 Å². The lowest BCUT2D eigenvalue weighted by molar-refractivity contribution is 0.670. The summed E-state index contributed by atoms with van der Waals surface area (Å²) in [6.07, 6.45) is 0. The molecular formula is C53H31N3OS. The second kappa shape index (κ2) is 13.1. The van der Waals surface area contributed by atoms with E-state index in [4.69, 9.17) is 19.4 Å². The molecule has 0 aliphatic carbocycles. The third-order valence-corrected chi connectivity index (χ3v) is 12.5. The lowest BCUT2D eigenvalue weighted by Crippen LogP contribution is -1.97. The minimum absolute atomic E-state index is 0.668. The zero-order valence-corrected chi connectivity index (χ0v) is 31.9. The molecule has 12 rings (SSSR count). The van der Waals surface area contributed by atoms with Crippen molar-refractivity contribution in [2.75, 3.05) is 0 Å². The molecule has 0 amide bonds. The number of thiophene rings is 1. The van der Waals surface area contributed by atoms with Gasteiger partial charge in [-0.05, 0) is 40.6 Å². The van der Waals surface area contributed by atoms with Crippen LogP contribution in [-0.4, -0.2) is 15.0 Å². The summed E-state index contributed by atoms with van der Waals surface area (Å²) in [6, 6.07) is 65.9. The summed E-state index contributed by atoms with van der Waals surface area (Å²) in [7, 11) is 0. The molecule has 4 aromatic heterocycles. The van der Waals surface area contributed by atoms with Gasteiger partial charge in [0, 0.05) is 59.4 Å². The molecule has 5 heteroatoms. The van der Waals surface area contributed by atoms with Crippen molar-refractivity contribution in [1.29, 1.82) is 0 Å². The number of hydrogen-bond donors (Lipinski definition) is 0. The number of nitrogens with zero attached hydrogens (tertiary/aromatic N) is 3. The molecule has 0 bridgehead atoms. The smallest absolute Gasteiger partial charge is 0.160 e. The van der Waals surface area contributed by atoms with E-state index in [1.807, 2.05) is 18.2 Å². The SMILES string of the molecule is c1ccc(-c2cc(-c3ccc(-c4cccc5c4oc4ccccc45)c4ccccc34)nc(-c3ccc(-c4nc5ccccc5c5c4sc4ccccc45)cc3)n2)cc1. The van der Waals surface area contributed by atoms with Crippen molar-refractivity contribution in [2.45, 2.75) is 0 Å². The fourth-order valence-electron chi connectivity index (χ4n) is 8.59. The number of furan rings is 1. The first-order valence-electron chi connectivity index (χ1n) is 19.4. The van der Waals surface area contributed by atoms with Gasteiger partial charge in [-0.15, -0.1) is 11.3 Å². The van der Waals surface area contributed by atoms with Crippen LogP contribution in [0.25, 0.3) is 120 Å². The Bertz CT molecular complexity index is 3570. The number of hydrogen-bond acceptors (Lipinski definition) is 5. The van der Waals surface area contributed by atoms with Crippen LogP contribution < -0.4 is 0 Å². The van der Waals surface area contributed by atoms with Gasteiger partial charge in [0.2, 0.25) is 0 Å². The summed E-state index contributed by atoms with van der Waals surface area (Å²) >= 11 is 1.81. The van der Waals surface area contributed by atoms with E-state index in [9.17, 15) is 0 Å². The molecule has 0 saturated carbocycles. The van der Waals surface area contributed by atoms with Gasteiger partial charge in [0.15, 0.2) is 5.82 Å². The van der Waals surface area contributed by atoms with E-state index in [1.165, 1.54) is 25.6 Å². The number of pyridine rings is 1. The predicted molar refractivity (Wildman–Crippen MR) is 242 cm³/mol. The first-order chi connectivity index (χ1) is 28.7. The molecule has 0 spiro atoms. The molecule has 0 atom stereocenters. The largest absolute Gasteiger partial charge is 0.455 e. The van der Waals surface area contributed by atoms with E-state index < -0.39 is 0 Å². The average molecular weight is 758 g/mol. The third kappa shape index (κ3) is 5.18. The number of aromatic nitrogens is 3. The van der Waals surface area contributed by atoms with Crippen molar-refractivity contribution in [3.63, 3.8) is 0 Å². The van der Waals surface area contributed by atoms with Crippen LogP contribution in [0.1, 0.15) is 0 Å². The highest BCUT2D eigenvalue weighted by atomic mass is 32.1. The Morgan fingerprint density at radius 1 is 0.397 bits per heavy atom. The maximum Gasteiger partial charge on any atom is 0.160 e. The summed E-state index contributed by atoms with van der Waals surface area (Å²) in [4.78, 5) is 15.7. The van der Waals surface area contributed by atoms with Crippen molar-refractivity contribution >= 4 is 75.1 Å². The Balaban J connectivity index is 1.01. The summed E-state index contributed by atoms with van der Waals surface area (Å²) < 4.78 is 8.96. The zero-order valence-electron chi connectivity index (χ0n) is 31.1. The van der Waals surface area contributed by atoms with Gasteiger partial charge in [-0.1, -0.05) is 164 Å². The maximum atomic E-state index is 6.50. The number of para-hydroxylation sites is 3. The predicted octanol–water partition coefficient (Wildman–Crippen LogP) is 14.8. The highest BCUT2D eigenvalue weighted by molar-refractivity contribution is 7.26. The molecule has 0 unspecified atom stereocenters. The number of benzene rings is 8. The molecule has 0 aliphatic rings. The molecule has 4 heterocycles. The van der Waals surface area contributed by atoms with Crippen LogP contribution in [0.15, 0.2) is 192 Å². The summed E-state index contributed by atoms with van der Waals surface area (Å²) in [6.45, 7) is 0. The first-order valence-corrected chi connectivity index (χ1v) is 20.2. The Morgan fingerprint density at radius 3 is 1.88 bits per heavy atom. The van der Waals surface area contributed by atoms with E-state index in [-0.39, 0.29) is 0 Å². The Hall–Kier alpha value is -7.47. The van der Waals surface area contributed by atoms with Crippen molar-refractivity contribution < 1.29 is 4.42 Å². The van der Waals surface area contributed by atoms with E-state index >= 15 is 0 Å². The third-order valence-electron chi connectivity index (χ3n) is 11.3. The second-order valence-corrected chi connectivity index (χ2v) is 15.7. The van der Waals surface area contributed by atoms with E-state index in [2.05, 4.69) is 170 Å². The molecule has 12 aromatic rings. The van der Waals surface area contributed by atoms with E-state index in [1.54, 1.807) is 11.3 Å². The molecule has 0 N–H and O–H groups in total. The second-order valence-electron chi connectivity index (χ2n) is 14.7. The number of fused-ring (bicyclic) bond motifs is 9. The van der Waals surface area contributed by atoms with Crippen LogP contribution >= 0.6 is 11.3 Å². The molecule has 0 radical (unpaired) electrons. The quantitative estimate of drug-likeness (QED) is 0.175. The standard InChI is InChI=1S/C53H31N3OS/c1-2-13-32(14-3-1)45-31-46(38-30-29-37(35-15-4-5-16-36(35)38)40-20-12-21-41-39-17-7-10-23-47(39)57-51(40)41)56-53(55-45)34-27-25-33(26-28-34)50-52-49(42-18-6-9-22-44(42)54-50)43-19-8-11-24-48(43)58-52/h1-31H. The molecule has 58 heavy (non-hydrogen) atoms. The number of rotatable bonds is 5. The van der Waals surface area contributed by atoms with Crippen LogP contribution in [0.5, 0.6) is 0 Å². The van der Waals surface area contributed by atoms with Crippen LogP contribution in [0.4, 0.5) is 0 Å². The highest BCUT2D eigenvalue weighted by Crippen LogP contribution is 2.44. The fraction of sp³-hybridized carbons (Fsp3) is 0. The lowest BCUT2D eigenvalue weighted by Gasteiger charge is -2.14. The molecular weight excluding hydrogens is 727 g/mol. The lowest BCUT2D eigenvalue weighted by atomic mass is 9.92. The van der Waals surface area contributed by atoms with Gasteiger partial charge in [-0.2, -0.15) is 0 Å². The van der Waals surface area contributed by atoms with Crippen LogP contribution in [0, 0.1) is 0 Å². The van der Waals surface area contributed by atoms with Crippen molar-refractivity contribution in [2.24, 2.45) is 0 Å². The Kier molecular flexibility index (Phi) is 7.37. The summed E-state index contributed by atoms with van der Waals surface area (Å²) in [5.74, 6) is 0.668. The fourth-order valence-corrected chi connectivity index (χ4v) is 9.82. The minimum atomic E-state index is 0.668. The topological polar surface area (TPSA) is 51.8 Å². The van der Waals surface area contributed by atoms with Gasteiger partial charge in [0.05, 0.1) is 27.3 Å². The van der Waals surface area contributed by atoms with Crippen LogP contribution in [-0.2, 0) is 0 Å². The van der Waals surface area contributed by atoms with E-state index in [0.717, 1.165) is 88.7 Å². The van der Waals surface area contributed by atoms with Crippen LogP contribution in [0.2, 0.25) is 0 Å². The molecule has 270 valence electrons. The Morgan fingerprint density at radius 2 is 1.03 bits per heavy atom. The maximum absolute atomic E-state index is 6.50. The molecule has 0 saturated heterocycles. The van der Waals surface area contributed by atoms with Crippen LogP contribution in [0.3, 0.4) is 0 Å². The normalized spacial score (nSPS) is 11.8. The minimum Gasteiger partial charge on any atom is -0.455 e. The van der Waals surface area contributed by atoms with Gasteiger partial charge < -0.3 is 4.42 Å². The van der Waals surface area contributed by atoms with Crippen molar-refractivity contribution in [3.05, 3.63) is 188 Å². The van der Waals surface area contributed by atoms with Gasteiger partial charge in [0.1, 0.15) is 11.2 Å². The van der Waals surface area contributed by atoms with Gasteiger partial charge in [0.25, 0.3) is 0 Å². The molecule has 8 aromatic carbocycles. The first kappa shape index (κ1) is 32.7. The zero-order chi connectivity index (χ0) is 38.2. The molecule has 0 fully saturated rings. The van der Waals surface area contributed by atoms with E-state index in [0.29, 0.717) is 5.82 Å². The van der Waals surface area contributed by atoms with Crippen molar-refractivity contribution in [1.82, 2.24) is 15.0 Å². The molecule has 0 aliphatic heterocycles. The van der Waals surface area contributed by atoms with Gasteiger partial charge in [-0.3, -0.25) is 0 Å². The average Bonchev–Trinajstić information content (AvgIpc) is 3.88. The van der Waals surface area contributed by atoms with Gasteiger partial charge >= 0.3 is 0 Å². The highest BCUT2D eigenvalue weighted by Gasteiger charge is 2.19. The summed E-state index contributed by atoms with van der Waals surface area (Å²) in [5, 5.41) is 8.20. The summed E-state index contributed by atoms with van der Waals surface area (Å²) in [5.41, 5.74) is 11.8. The monoisotopic (exact) mass is 757 g/mol. The molecule has 4 nitrogen and oxygen atoms in total. The Labute approximate surface area is 337 Å².